The molecule has 0 unspecified atom stereocenters. The molecule has 0 amide bonds. The topological polar surface area (TPSA) is 30.7 Å². The van der Waals surface area contributed by atoms with Crippen LogP contribution in [0.25, 0.3) is 4.85 Å². The van der Waals surface area contributed by atoms with Crippen LogP contribution in [-0.4, -0.2) is 12.6 Å². The van der Waals surface area contributed by atoms with Crippen molar-refractivity contribution in [3.63, 3.8) is 0 Å². The zero-order valence-corrected chi connectivity index (χ0v) is 10.8. The van der Waals surface area contributed by atoms with Crippen LogP contribution in [0.5, 0.6) is 0 Å². The largest absolute Gasteiger partial charge is 0.471 e. The van der Waals surface area contributed by atoms with Gasteiger partial charge in [-0.25, -0.2) is 4.85 Å². The normalized spacial score (nSPS) is 11.4. The standard InChI is InChI=1S/C15H17NO2/c1-4-13(11-12-9-7-6-8-10-12)14(16-3)15(17)18-5-2/h6-10H,4-5,11H2,1-2H3/b14-13+. The third kappa shape index (κ3) is 3.74. The summed E-state index contributed by atoms with van der Waals surface area (Å²) in [6.07, 6.45) is 1.29. The van der Waals surface area contributed by atoms with Gasteiger partial charge in [0.2, 0.25) is 0 Å². The summed E-state index contributed by atoms with van der Waals surface area (Å²) in [7, 11) is 0. The van der Waals surface area contributed by atoms with Gasteiger partial charge in [0.15, 0.2) is 0 Å². The van der Waals surface area contributed by atoms with E-state index in [9.17, 15) is 4.79 Å². The number of esters is 1. The number of rotatable bonds is 5. The van der Waals surface area contributed by atoms with Crippen molar-refractivity contribution in [3.8, 4) is 0 Å². The van der Waals surface area contributed by atoms with Crippen LogP contribution in [0.1, 0.15) is 25.8 Å². The fraction of sp³-hybridized carbons (Fsp3) is 0.333. The molecule has 0 aliphatic rings. The SMILES string of the molecule is [C-]#[N+]/C(C(=O)OCC)=C(\CC)Cc1ccccc1. The average molecular weight is 243 g/mol. The average Bonchev–Trinajstić information content (AvgIpc) is 2.40. The summed E-state index contributed by atoms with van der Waals surface area (Å²) in [5.74, 6) is -0.514. The molecule has 0 spiro atoms. The predicted octanol–water partition coefficient (Wildman–Crippen LogP) is 3.38. The van der Waals surface area contributed by atoms with E-state index in [2.05, 4.69) is 4.85 Å². The van der Waals surface area contributed by atoms with Crippen molar-refractivity contribution < 1.29 is 9.53 Å². The summed E-state index contributed by atoms with van der Waals surface area (Å²) in [5, 5.41) is 0. The van der Waals surface area contributed by atoms with Gasteiger partial charge >= 0.3 is 5.97 Å². The molecule has 0 saturated carbocycles. The highest BCUT2D eigenvalue weighted by molar-refractivity contribution is 5.91. The molecule has 3 heteroatoms. The van der Waals surface area contributed by atoms with Gasteiger partial charge in [0.05, 0.1) is 13.2 Å². The Balaban J connectivity index is 2.98. The number of carbonyl (C=O) groups is 1. The van der Waals surface area contributed by atoms with E-state index < -0.39 is 5.97 Å². The van der Waals surface area contributed by atoms with Gasteiger partial charge in [-0.1, -0.05) is 42.8 Å². The smallest absolute Gasteiger partial charge is 0.336 e. The molecule has 3 nitrogen and oxygen atoms in total. The first kappa shape index (κ1) is 14.0. The molecular formula is C15H17NO2. The van der Waals surface area contributed by atoms with E-state index in [4.69, 9.17) is 11.3 Å². The first-order chi connectivity index (χ1) is 8.72. The summed E-state index contributed by atoms with van der Waals surface area (Å²) in [5.41, 5.74) is 2.05. The summed E-state index contributed by atoms with van der Waals surface area (Å²) >= 11 is 0. The molecule has 0 saturated heterocycles. The molecule has 1 rings (SSSR count). The zero-order valence-electron chi connectivity index (χ0n) is 10.8. The highest BCUT2D eigenvalue weighted by atomic mass is 16.5. The number of nitrogens with zero attached hydrogens (tertiary/aromatic N) is 1. The van der Waals surface area contributed by atoms with Crippen molar-refractivity contribution in [2.24, 2.45) is 0 Å². The van der Waals surface area contributed by atoms with Crippen LogP contribution in [-0.2, 0) is 16.0 Å². The van der Waals surface area contributed by atoms with Crippen LogP contribution in [0.4, 0.5) is 0 Å². The van der Waals surface area contributed by atoms with Crippen LogP contribution in [0.3, 0.4) is 0 Å². The molecule has 0 bridgehead atoms. The van der Waals surface area contributed by atoms with Crippen LogP contribution < -0.4 is 0 Å². The van der Waals surface area contributed by atoms with E-state index >= 15 is 0 Å². The van der Waals surface area contributed by atoms with E-state index in [1.807, 2.05) is 37.3 Å². The number of allylic oxidation sites excluding steroid dienone is 1. The van der Waals surface area contributed by atoms with E-state index in [0.29, 0.717) is 19.4 Å². The lowest BCUT2D eigenvalue weighted by Crippen LogP contribution is -2.08. The molecule has 0 aromatic heterocycles. The lowest BCUT2D eigenvalue weighted by Gasteiger charge is -2.08. The van der Waals surface area contributed by atoms with Gasteiger partial charge < -0.3 is 4.74 Å². The molecule has 0 atom stereocenters. The Kier molecular flexibility index (Phi) is 5.66. The summed E-state index contributed by atoms with van der Waals surface area (Å²) < 4.78 is 4.90. The molecule has 1 aromatic carbocycles. The summed E-state index contributed by atoms with van der Waals surface area (Å²) in [6.45, 7) is 11.1. The van der Waals surface area contributed by atoms with Gasteiger partial charge in [-0.3, -0.25) is 4.79 Å². The number of hydrogen-bond acceptors (Lipinski definition) is 2. The van der Waals surface area contributed by atoms with Gasteiger partial charge in [0, 0.05) is 0 Å². The molecule has 94 valence electrons. The van der Waals surface area contributed by atoms with Gasteiger partial charge in [-0.15, -0.1) is 0 Å². The Labute approximate surface area is 108 Å². The Morgan fingerprint density at radius 1 is 1.28 bits per heavy atom. The number of hydrogen-bond donors (Lipinski definition) is 0. The van der Waals surface area contributed by atoms with E-state index in [-0.39, 0.29) is 5.70 Å². The van der Waals surface area contributed by atoms with Crippen molar-refractivity contribution in [2.45, 2.75) is 26.7 Å². The minimum Gasteiger partial charge on any atom is -0.471 e. The number of carbonyl (C=O) groups excluding carboxylic acids is 1. The van der Waals surface area contributed by atoms with Crippen molar-refractivity contribution >= 4 is 5.97 Å². The molecule has 0 aliphatic carbocycles. The second-order valence-corrected chi connectivity index (χ2v) is 3.80. The predicted molar refractivity (Wildman–Crippen MR) is 70.7 cm³/mol. The fourth-order valence-electron chi connectivity index (χ4n) is 1.69. The summed E-state index contributed by atoms with van der Waals surface area (Å²) in [6, 6.07) is 9.82. The van der Waals surface area contributed by atoms with Gasteiger partial charge in [-0.2, -0.15) is 0 Å². The second-order valence-electron chi connectivity index (χ2n) is 3.80. The Morgan fingerprint density at radius 3 is 2.44 bits per heavy atom. The maximum Gasteiger partial charge on any atom is 0.336 e. The molecule has 18 heavy (non-hydrogen) atoms. The fourth-order valence-corrected chi connectivity index (χ4v) is 1.69. The first-order valence-electron chi connectivity index (χ1n) is 6.03. The molecule has 0 radical (unpaired) electrons. The van der Waals surface area contributed by atoms with Crippen LogP contribution in [0.15, 0.2) is 41.6 Å². The molecule has 0 aliphatic heterocycles. The maximum atomic E-state index is 11.7. The molecule has 0 heterocycles. The van der Waals surface area contributed by atoms with Gasteiger partial charge in [0.1, 0.15) is 0 Å². The Bertz CT molecular complexity index is 469. The summed E-state index contributed by atoms with van der Waals surface area (Å²) in [4.78, 5) is 15.0. The highest BCUT2D eigenvalue weighted by Crippen LogP contribution is 2.17. The second kappa shape index (κ2) is 7.29. The quantitative estimate of drug-likeness (QED) is 0.451. The lowest BCUT2D eigenvalue weighted by molar-refractivity contribution is -0.138. The Morgan fingerprint density at radius 2 is 1.94 bits per heavy atom. The van der Waals surface area contributed by atoms with Crippen molar-refractivity contribution in [3.05, 3.63) is 58.6 Å². The Hall–Kier alpha value is -2.08. The van der Waals surface area contributed by atoms with E-state index in [0.717, 1.165) is 11.1 Å². The number of benzene rings is 1. The first-order valence-corrected chi connectivity index (χ1v) is 6.03. The van der Waals surface area contributed by atoms with Gasteiger partial charge in [-0.05, 0) is 25.3 Å². The minimum atomic E-state index is -0.514. The third-order valence-corrected chi connectivity index (χ3v) is 2.60. The molecule has 0 N–H and O–H groups in total. The van der Waals surface area contributed by atoms with Crippen molar-refractivity contribution in [2.75, 3.05) is 6.61 Å². The maximum absolute atomic E-state index is 11.7. The third-order valence-electron chi connectivity index (χ3n) is 2.60. The van der Waals surface area contributed by atoms with E-state index in [1.165, 1.54) is 0 Å². The highest BCUT2D eigenvalue weighted by Gasteiger charge is 2.16. The monoisotopic (exact) mass is 243 g/mol. The van der Waals surface area contributed by atoms with Crippen molar-refractivity contribution in [1.82, 2.24) is 0 Å². The number of ether oxygens (including phenoxy) is 1. The van der Waals surface area contributed by atoms with Gasteiger partial charge in [0.25, 0.3) is 5.70 Å². The van der Waals surface area contributed by atoms with Crippen molar-refractivity contribution in [1.29, 1.82) is 0 Å². The molecule has 1 aromatic rings. The molecular weight excluding hydrogens is 226 g/mol. The van der Waals surface area contributed by atoms with Crippen LogP contribution in [0.2, 0.25) is 0 Å². The minimum absolute atomic E-state index is 0.128. The lowest BCUT2D eigenvalue weighted by atomic mass is 10.0. The van der Waals surface area contributed by atoms with Crippen LogP contribution in [0, 0.1) is 6.57 Å². The van der Waals surface area contributed by atoms with Crippen LogP contribution >= 0.6 is 0 Å². The van der Waals surface area contributed by atoms with E-state index in [1.54, 1.807) is 6.92 Å². The molecule has 0 fully saturated rings. The zero-order chi connectivity index (χ0) is 13.4.